The Bertz CT molecular complexity index is 406. The van der Waals surface area contributed by atoms with E-state index in [2.05, 4.69) is 21.2 Å². The van der Waals surface area contributed by atoms with E-state index < -0.39 is 6.10 Å². The second-order valence-corrected chi connectivity index (χ2v) is 6.82. The second kappa shape index (κ2) is 7.11. The summed E-state index contributed by atoms with van der Waals surface area (Å²) < 4.78 is 5.88. The minimum atomic E-state index is -0.501. The van der Waals surface area contributed by atoms with Gasteiger partial charge in [-0.2, -0.15) is 0 Å². The highest BCUT2D eigenvalue weighted by molar-refractivity contribution is 9.11. The molecule has 4 nitrogen and oxygen atoms in total. The molecule has 1 aromatic rings. The minimum absolute atomic E-state index is 0.188. The van der Waals surface area contributed by atoms with Crippen LogP contribution < -0.4 is 10.1 Å². The van der Waals surface area contributed by atoms with Crippen LogP contribution in [-0.4, -0.2) is 30.8 Å². The highest BCUT2D eigenvalue weighted by Crippen LogP contribution is 2.34. The number of carbonyl (C=O) groups excluding carboxylic acids is 1. The van der Waals surface area contributed by atoms with Crippen molar-refractivity contribution in [3.8, 4) is 5.75 Å². The first kappa shape index (κ1) is 15.5. The van der Waals surface area contributed by atoms with Gasteiger partial charge in [0.2, 0.25) is 0 Å². The molecule has 102 valence electrons. The summed E-state index contributed by atoms with van der Waals surface area (Å²) in [4.78, 5) is 12.4. The van der Waals surface area contributed by atoms with Crippen molar-refractivity contribution in [1.29, 1.82) is 0 Å². The maximum absolute atomic E-state index is 11.8. The Hall–Kier alpha value is -0.590. The van der Waals surface area contributed by atoms with Crippen molar-refractivity contribution in [1.82, 2.24) is 5.32 Å². The van der Waals surface area contributed by atoms with Crippen LogP contribution in [0.3, 0.4) is 0 Å². The van der Waals surface area contributed by atoms with Gasteiger partial charge in [-0.3, -0.25) is 4.79 Å². The fraction of sp³-hybridized carbons (Fsp3) is 0.583. The van der Waals surface area contributed by atoms with Crippen LogP contribution in [0, 0.1) is 5.92 Å². The van der Waals surface area contributed by atoms with Crippen molar-refractivity contribution in [3.63, 3.8) is 0 Å². The number of aliphatic hydroxyl groups excluding tert-OH is 1. The molecule has 0 bridgehead atoms. The van der Waals surface area contributed by atoms with Crippen molar-refractivity contribution >= 4 is 33.2 Å². The molecule has 1 unspecified atom stereocenters. The third-order valence-electron chi connectivity index (χ3n) is 2.34. The van der Waals surface area contributed by atoms with Crippen LogP contribution in [-0.2, 0) is 0 Å². The quantitative estimate of drug-likeness (QED) is 0.840. The molecule has 0 radical (unpaired) electrons. The van der Waals surface area contributed by atoms with E-state index in [1.165, 1.54) is 11.3 Å². The number of ether oxygens (including phenoxy) is 1. The van der Waals surface area contributed by atoms with Crippen molar-refractivity contribution in [2.45, 2.75) is 26.4 Å². The molecule has 1 amide bonds. The molecule has 0 aliphatic carbocycles. The van der Waals surface area contributed by atoms with Gasteiger partial charge >= 0.3 is 0 Å². The van der Waals surface area contributed by atoms with Crippen molar-refractivity contribution in [3.05, 3.63) is 14.7 Å². The van der Waals surface area contributed by atoms with E-state index in [9.17, 15) is 9.90 Å². The number of amides is 1. The lowest BCUT2D eigenvalue weighted by atomic mass is 10.1. The van der Waals surface area contributed by atoms with Crippen LogP contribution in [0.2, 0.25) is 0 Å². The minimum Gasteiger partial charge on any atom is -0.495 e. The van der Waals surface area contributed by atoms with Crippen LogP contribution in [0.1, 0.15) is 29.9 Å². The Balaban J connectivity index is 2.50. The Morgan fingerprint density at radius 3 is 2.78 bits per heavy atom. The number of hydrogen-bond donors (Lipinski definition) is 2. The highest BCUT2D eigenvalue weighted by Gasteiger charge is 2.15. The van der Waals surface area contributed by atoms with E-state index in [1.54, 1.807) is 13.2 Å². The standard InChI is InChI=1S/C12H18BrNO3S/c1-7(2)4-8(15)6-14-12(16)10-5-9(17-3)11(13)18-10/h5,7-8,15H,4,6H2,1-3H3,(H,14,16). The molecule has 0 spiro atoms. The Kier molecular flexibility index (Phi) is 6.11. The summed E-state index contributed by atoms with van der Waals surface area (Å²) in [6.07, 6.45) is 0.178. The fourth-order valence-electron chi connectivity index (χ4n) is 1.53. The van der Waals surface area contributed by atoms with Crippen LogP contribution >= 0.6 is 27.3 Å². The first-order valence-electron chi connectivity index (χ1n) is 5.73. The third-order valence-corrected chi connectivity index (χ3v) is 4.12. The van der Waals surface area contributed by atoms with Gasteiger partial charge < -0.3 is 15.2 Å². The predicted octanol–water partition coefficient (Wildman–Crippen LogP) is 2.66. The number of aliphatic hydroxyl groups is 1. The molecule has 0 saturated heterocycles. The number of nitrogens with one attached hydrogen (secondary N) is 1. The molecule has 1 atom stereocenters. The molecule has 0 aliphatic rings. The molecule has 1 aromatic heterocycles. The SMILES string of the molecule is COc1cc(C(=O)NCC(O)CC(C)C)sc1Br. The predicted molar refractivity (Wildman–Crippen MR) is 76.4 cm³/mol. The summed E-state index contributed by atoms with van der Waals surface area (Å²) in [7, 11) is 1.56. The van der Waals surface area contributed by atoms with Gasteiger partial charge in [-0.1, -0.05) is 13.8 Å². The van der Waals surface area contributed by atoms with E-state index in [1.807, 2.05) is 13.8 Å². The zero-order chi connectivity index (χ0) is 13.7. The third kappa shape index (κ3) is 4.59. The molecular weight excluding hydrogens is 318 g/mol. The average Bonchev–Trinajstić information content (AvgIpc) is 2.66. The van der Waals surface area contributed by atoms with Gasteiger partial charge in [0.25, 0.3) is 5.91 Å². The van der Waals surface area contributed by atoms with Gasteiger partial charge in [0, 0.05) is 12.6 Å². The molecule has 1 rings (SSSR count). The lowest BCUT2D eigenvalue weighted by Crippen LogP contribution is -2.32. The van der Waals surface area contributed by atoms with E-state index in [0.717, 1.165) is 3.79 Å². The molecule has 1 heterocycles. The monoisotopic (exact) mass is 335 g/mol. The van der Waals surface area contributed by atoms with Crippen molar-refractivity contribution < 1.29 is 14.6 Å². The molecule has 0 fully saturated rings. The lowest BCUT2D eigenvalue weighted by Gasteiger charge is -2.13. The Morgan fingerprint density at radius 2 is 2.28 bits per heavy atom. The van der Waals surface area contributed by atoms with E-state index in [-0.39, 0.29) is 12.5 Å². The molecular formula is C12H18BrNO3S. The van der Waals surface area contributed by atoms with Gasteiger partial charge in [-0.05, 0) is 28.3 Å². The number of halogens is 1. The first-order valence-corrected chi connectivity index (χ1v) is 7.34. The summed E-state index contributed by atoms with van der Waals surface area (Å²) in [5.41, 5.74) is 0. The van der Waals surface area contributed by atoms with Crippen LogP contribution in [0.4, 0.5) is 0 Å². The summed E-state index contributed by atoms with van der Waals surface area (Å²) in [6.45, 7) is 4.34. The zero-order valence-electron chi connectivity index (χ0n) is 10.7. The molecule has 18 heavy (non-hydrogen) atoms. The number of carbonyl (C=O) groups is 1. The number of methoxy groups -OCH3 is 1. The zero-order valence-corrected chi connectivity index (χ0v) is 13.1. The average molecular weight is 336 g/mol. The van der Waals surface area contributed by atoms with Crippen molar-refractivity contribution in [2.75, 3.05) is 13.7 Å². The van der Waals surface area contributed by atoms with Gasteiger partial charge in [-0.15, -0.1) is 11.3 Å². The molecule has 0 saturated carbocycles. The molecule has 0 aliphatic heterocycles. The van der Waals surface area contributed by atoms with Crippen LogP contribution in [0.15, 0.2) is 9.85 Å². The number of rotatable bonds is 6. The van der Waals surface area contributed by atoms with Crippen LogP contribution in [0.25, 0.3) is 0 Å². The van der Waals surface area contributed by atoms with Crippen molar-refractivity contribution in [2.24, 2.45) is 5.92 Å². The van der Waals surface area contributed by atoms with Gasteiger partial charge in [-0.25, -0.2) is 0 Å². The normalized spacial score (nSPS) is 12.6. The maximum Gasteiger partial charge on any atom is 0.261 e. The highest BCUT2D eigenvalue weighted by atomic mass is 79.9. The lowest BCUT2D eigenvalue weighted by molar-refractivity contribution is 0.0904. The number of hydrogen-bond acceptors (Lipinski definition) is 4. The Labute approximate surface area is 119 Å². The van der Waals surface area contributed by atoms with E-state index in [4.69, 9.17) is 4.74 Å². The first-order chi connectivity index (χ1) is 8.43. The molecule has 2 N–H and O–H groups in total. The largest absolute Gasteiger partial charge is 0.495 e. The second-order valence-electron chi connectivity index (χ2n) is 4.45. The number of thiophene rings is 1. The topological polar surface area (TPSA) is 58.6 Å². The van der Waals surface area contributed by atoms with Gasteiger partial charge in [0.05, 0.1) is 18.1 Å². The summed E-state index contributed by atoms with van der Waals surface area (Å²) in [5.74, 6) is 0.868. The Morgan fingerprint density at radius 1 is 1.61 bits per heavy atom. The van der Waals surface area contributed by atoms with Gasteiger partial charge in [0.15, 0.2) is 0 Å². The summed E-state index contributed by atoms with van der Waals surface area (Å²) >= 11 is 4.63. The summed E-state index contributed by atoms with van der Waals surface area (Å²) in [5, 5.41) is 12.4. The van der Waals surface area contributed by atoms with Gasteiger partial charge in [0.1, 0.15) is 9.54 Å². The fourth-order valence-corrected chi connectivity index (χ4v) is 3.09. The van der Waals surface area contributed by atoms with Crippen LogP contribution in [0.5, 0.6) is 5.75 Å². The van der Waals surface area contributed by atoms with E-state index >= 15 is 0 Å². The smallest absolute Gasteiger partial charge is 0.261 e. The molecule has 6 heteroatoms. The molecule has 0 aromatic carbocycles. The maximum atomic E-state index is 11.8. The van der Waals surface area contributed by atoms with E-state index in [0.29, 0.717) is 23.0 Å². The summed E-state index contributed by atoms with van der Waals surface area (Å²) in [6, 6.07) is 1.68.